The van der Waals surface area contributed by atoms with Gasteiger partial charge in [-0.15, -0.1) is 0 Å². The van der Waals surface area contributed by atoms with E-state index in [1.165, 1.54) is 38.4 Å². The number of amides is 1. The predicted molar refractivity (Wildman–Crippen MR) is 75.8 cm³/mol. The number of hydrogen-bond acceptors (Lipinski definition) is 3. The van der Waals surface area contributed by atoms with E-state index >= 15 is 0 Å². The van der Waals surface area contributed by atoms with Crippen LogP contribution in [0.25, 0.3) is 0 Å². The summed E-state index contributed by atoms with van der Waals surface area (Å²) in [6.07, 6.45) is 2.90. The molecule has 0 radical (unpaired) electrons. The van der Waals surface area contributed by atoms with E-state index in [0.717, 1.165) is 4.31 Å². The van der Waals surface area contributed by atoms with E-state index in [9.17, 15) is 13.2 Å². The Balaban J connectivity index is 3.18. The van der Waals surface area contributed by atoms with Crippen molar-refractivity contribution in [2.45, 2.75) is 11.8 Å². The van der Waals surface area contributed by atoms with Crippen LogP contribution in [0.1, 0.15) is 6.92 Å². The molecule has 0 heterocycles. The van der Waals surface area contributed by atoms with Gasteiger partial charge >= 0.3 is 0 Å². The molecular formula is C12H15ClN2O3S. The number of allylic oxidation sites excluding steroid dienone is 1. The molecule has 0 atom stereocenters. The first-order chi connectivity index (χ1) is 8.78. The highest BCUT2D eigenvalue weighted by Crippen LogP contribution is 2.26. The number of benzene rings is 1. The molecule has 0 aliphatic heterocycles. The van der Waals surface area contributed by atoms with Gasteiger partial charge in [0.25, 0.3) is 0 Å². The molecule has 0 aliphatic rings. The Morgan fingerprint density at radius 2 is 2.00 bits per heavy atom. The SMILES string of the molecule is CC=CC(=O)Nc1cc(S(=O)(=O)N(C)C)ccc1Cl. The summed E-state index contributed by atoms with van der Waals surface area (Å²) in [5.41, 5.74) is 0.257. The van der Waals surface area contributed by atoms with E-state index in [2.05, 4.69) is 5.32 Å². The Hall–Kier alpha value is -1.37. The van der Waals surface area contributed by atoms with E-state index in [1.807, 2.05) is 0 Å². The molecule has 0 unspecified atom stereocenters. The lowest BCUT2D eigenvalue weighted by atomic mass is 10.3. The van der Waals surface area contributed by atoms with E-state index in [4.69, 9.17) is 11.6 Å². The van der Waals surface area contributed by atoms with Crippen LogP contribution in [0.2, 0.25) is 5.02 Å². The van der Waals surface area contributed by atoms with Crippen LogP contribution in [0.3, 0.4) is 0 Å². The minimum absolute atomic E-state index is 0.0673. The molecular weight excluding hydrogens is 288 g/mol. The van der Waals surface area contributed by atoms with Gasteiger partial charge in [-0.25, -0.2) is 12.7 Å². The third kappa shape index (κ3) is 3.79. The lowest BCUT2D eigenvalue weighted by Crippen LogP contribution is -2.22. The second-order valence-electron chi connectivity index (χ2n) is 3.92. The maximum Gasteiger partial charge on any atom is 0.248 e. The lowest BCUT2D eigenvalue weighted by molar-refractivity contribution is -0.111. The van der Waals surface area contributed by atoms with Gasteiger partial charge < -0.3 is 5.32 Å². The van der Waals surface area contributed by atoms with E-state index < -0.39 is 10.0 Å². The van der Waals surface area contributed by atoms with Crippen LogP contribution in [0.5, 0.6) is 0 Å². The summed E-state index contributed by atoms with van der Waals surface area (Å²) < 4.78 is 25.0. The number of hydrogen-bond donors (Lipinski definition) is 1. The summed E-state index contributed by atoms with van der Waals surface area (Å²) in [6, 6.07) is 4.16. The van der Waals surface area contributed by atoms with Crippen molar-refractivity contribution in [3.63, 3.8) is 0 Å². The van der Waals surface area contributed by atoms with Gasteiger partial charge in [-0.1, -0.05) is 17.7 Å². The van der Waals surface area contributed by atoms with Crippen molar-refractivity contribution in [3.8, 4) is 0 Å². The second kappa shape index (κ2) is 6.18. The first-order valence-corrected chi connectivity index (χ1v) is 7.26. The van der Waals surface area contributed by atoms with Crippen LogP contribution in [0.15, 0.2) is 35.2 Å². The Bertz CT molecular complexity index is 609. The summed E-state index contributed by atoms with van der Waals surface area (Å²) >= 11 is 5.92. The molecule has 1 aromatic carbocycles. The minimum atomic E-state index is -3.56. The molecule has 1 N–H and O–H groups in total. The average molecular weight is 303 g/mol. The fraction of sp³-hybridized carbons (Fsp3) is 0.250. The zero-order chi connectivity index (χ0) is 14.6. The van der Waals surface area contributed by atoms with Gasteiger partial charge in [0.1, 0.15) is 0 Å². The number of carbonyl (C=O) groups is 1. The Morgan fingerprint density at radius 1 is 1.37 bits per heavy atom. The largest absolute Gasteiger partial charge is 0.321 e. The van der Waals surface area contributed by atoms with Gasteiger partial charge in [0.15, 0.2) is 0 Å². The fourth-order valence-electron chi connectivity index (χ4n) is 1.30. The molecule has 1 aromatic rings. The van der Waals surface area contributed by atoms with Crippen LogP contribution in [-0.2, 0) is 14.8 Å². The number of sulfonamides is 1. The molecule has 0 aliphatic carbocycles. The summed E-state index contributed by atoms with van der Waals surface area (Å²) in [6.45, 7) is 1.70. The fourth-order valence-corrected chi connectivity index (χ4v) is 2.39. The van der Waals surface area contributed by atoms with Crippen LogP contribution >= 0.6 is 11.6 Å². The highest BCUT2D eigenvalue weighted by atomic mass is 35.5. The standard InChI is InChI=1S/C12H15ClN2O3S/c1-4-5-12(16)14-11-8-9(6-7-10(11)13)19(17,18)15(2)3/h4-8H,1-3H3,(H,14,16). The monoisotopic (exact) mass is 302 g/mol. The summed E-state index contributed by atoms with van der Waals surface area (Å²) in [5, 5.41) is 2.80. The zero-order valence-corrected chi connectivity index (χ0v) is 12.4. The molecule has 0 bridgehead atoms. The maximum absolute atomic E-state index is 12.0. The van der Waals surface area contributed by atoms with Crippen molar-refractivity contribution in [3.05, 3.63) is 35.4 Å². The first-order valence-electron chi connectivity index (χ1n) is 5.44. The highest BCUT2D eigenvalue weighted by Gasteiger charge is 2.18. The highest BCUT2D eigenvalue weighted by molar-refractivity contribution is 7.89. The van der Waals surface area contributed by atoms with E-state index in [-0.39, 0.29) is 21.5 Å². The summed E-state index contributed by atoms with van der Waals surface area (Å²) in [4.78, 5) is 11.5. The first kappa shape index (κ1) is 15.7. The van der Waals surface area contributed by atoms with Gasteiger partial charge in [0, 0.05) is 14.1 Å². The summed E-state index contributed by atoms with van der Waals surface area (Å²) in [5.74, 6) is -0.371. The Morgan fingerprint density at radius 3 is 2.53 bits per heavy atom. The van der Waals surface area contributed by atoms with Crippen LogP contribution in [0.4, 0.5) is 5.69 Å². The number of rotatable bonds is 4. The van der Waals surface area contributed by atoms with E-state index in [1.54, 1.807) is 13.0 Å². The normalized spacial score (nSPS) is 12.1. The summed E-state index contributed by atoms with van der Waals surface area (Å²) in [7, 11) is -0.694. The molecule has 0 aromatic heterocycles. The van der Waals surface area contributed by atoms with Gasteiger partial charge in [-0.2, -0.15) is 0 Å². The van der Waals surface area contributed by atoms with Gasteiger partial charge in [-0.05, 0) is 31.2 Å². The lowest BCUT2D eigenvalue weighted by Gasteiger charge is -2.13. The number of carbonyl (C=O) groups excluding carboxylic acids is 1. The molecule has 5 nitrogen and oxygen atoms in total. The smallest absolute Gasteiger partial charge is 0.248 e. The number of halogens is 1. The number of nitrogens with zero attached hydrogens (tertiary/aromatic N) is 1. The van der Waals surface area contributed by atoms with Crippen molar-refractivity contribution >= 4 is 33.2 Å². The molecule has 0 spiro atoms. The van der Waals surface area contributed by atoms with Crippen molar-refractivity contribution < 1.29 is 13.2 Å². The Kier molecular flexibility index (Phi) is 5.11. The topological polar surface area (TPSA) is 66.5 Å². The maximum atomic E-state index is 12.0. The van der Waals surface area contributed by atoms with Crippen LogP contribution < -0.4 is 5.32 Å². The van der Waals surface area contributed by atoms with Crippen LogP contribution in [0, 0.1) is 0 Å². The molecule has 1 amide bonds. The predicted octanol–water partition coefficient (Wildman–Crippen LogP) is 2.10. The van der Waals surface area contributed by atoms with Crippen molar-refractivity contribution in [2.24, 2.45) is 0 Å². The van der Waals surface area contributed by atoms with E-state index in [0.29, 0.717) is 0 Å². The molecule has 0 saturated heterocycles. The molecule has 19 heavy (non-hydrogen) atoms. The minimum Gasteiger partial charge on any atom is -0.321 e. The molecule has 104 valence electrons. The van der Waals surface area contributed by atoms with Crippen molar-refractivity contribution in [2.75, 3.05) is 19.4 Å². The quantitative estimate of drug-likeness (QED) is 0.866. The Labute approximate surface area is 117 Å². The molecule has 0 saturated carbocycles. The number of nitrogens with one attached hydrogen (secondary N) is 1. The molecule has 0 fully saturated rings. The van der Waals surface area contributed by atoms with Gasteiger partial charge in [0.05, 0.1) is 15.6 Å². The molecule has 1 rings (SSSR count). The van der Waals surface area contributed by atoms with Crippen molar-refractivity contribution in [1.29, 1.82) is 0 Å². The third-order valence-corrected chi connectivity index (χ3v) is 4.43. The zero-order valence-electron chi connectivity index (χ0n) is 10.8. The average Bonchev–Trinajstić information content (AvgIpc) is 2.31. The third-order valence-electron chi connectivity index (χ3n) is 2.29. The van der Waals surface area contributed by atoms with Gasteiger partial charge in [0.2, 0.25) is 15.9 Å². The number of anilines is 1. The van der Waals surface area contributed by atoms with Crippen molar-refractivity contribution in [1.82, 2.24) is 4.31 Å². The molecule has 7 heteroatoms. The second-order valence-corrected chi connectivity index (χ2v) is 6.48. The van der Waals surface area contributed by atoms with Gasteiger partial charge in [-0.3, -0.25) is 4.79 Å². The van der Waals surface area contributed by atoms with Crippen LogP contribution in [-0.4, -0.2) is 32.7 Å².